The standard InChI is InChI=1S/C15H11N3O2/c16-8-10-3-1-2-4-11(10)9-18-13-7-12(17)5-6-14(13)20-15(18)19/h1-7H,9,17H2. The van der Waals surface area contributed by atoms with Crippen molar-refractivity contribution in [3.8, 4) is 6.07 Å². The van der Waals surface area contributed by atoms with Gasteiger partial charge in [0.2, 0.25) is 0 Å². The van der Waals surface area contributed by atoms with E-state index in [0.717, 1.165) is 5.56 Å². The molecule has 0 spiro atoms. The van der Waals surface area contributed by atoms with Crippen molar-refractivity contribution in [3.63, 3.8) is 0 Å². The molecule has 0 bridgehead atoms. The minimum atomic E-state index is -0.460. The second-order valence-electron chi connectivity index (χ2n) is 4.45. The lowest BCUT2D eigenvalue weighted by molar-refractivity contribution is 0.517. The third-order valence-electron chi connectivity index (χ3n) is 3.16. The van der Waals surface area contributed by atoms with Gasteiger partial charge in [0.15, 0.2) is 5.58 Å². The summed E-state index contributed by atoms with van der Waals surface area (Å²) in [5.41, 5.74) is 8.72. The highest BCUT2D eigenvalue weighted by molar-refractivity contribution is 5.77. The van der Waals surface area contributed by atoms with E-state index in [1.165, 1.54) is 4.57 Å². The van der Waals surface area contributed by atoms with Crippen LogP contribution in [-0.4, -0.2) is 4.57 Å². The molecule has 1 heterocycles. The molecule has 3 rings (SSSR count). The Kier molecular flexibility index (Phi) is 2.77. The number of rotatable bonds is 2. The third kappa shape index (κ3) is 1.93. The topological polar surface area (TPSA) is 85.0 Å². The Balaban J connectivity index is 2.16. The molecule has 0 amide bonds. The molecular formula is C15H11N3O2. The highest BCUT2D eigenvalue weighted by Crippen LogP contribution is 2.18. The molecule has 2 aromatic carbocycles. The normalized spacial score (nSPS) is 10.6. The van der Waals surface area contributed by atoms with E-state index in [1.54, 1.807) is 30.3 Å². The summed E-state index contributed by atoms with van der Waals surface area (Å²) < 4.78 is 6.64. The molecule has 0 unspecified atom stereocenters. The van der Waals surface area contributed by atoms with Crippen LogP contribution in [0, 0.1) is 11.3 Å². The van der Waals surface area contributed by atoms with Gasteiger partial charge in [0.25, 0.3) is 0 Å². The monoisotopic (exact) mass is 265 g/mol. The number of nitrogens with zero attached hydrogens (tertiary/aromatic N) is 2. The van der Waals surface area contributed by atoms with Crippen LogP contribution < -0.4 is 11.5 Å². The SMILES string of the molecule is N#Cc1ccccc1Cn1c(=O)oc2ccc(N)cc21. The van der Waals surface area contributed by atoms with Gasteiger partial charge >= 0.3 is 5.76 Å². The summed E-state index contributed by atoms with van der Waals surface area (Å²) in [5, 5.41) is 9.09. The van der Waals surface area contributed by atoms with Gasteiger partial charge in [0.05, 0.1) is 23.7 Å². The Labute approximate surface area is 114 Å². The van der Waals surface area contributed by atoms with E-state index >= 15 is 0 Å². The fourth-order valence-electron chi connectivity index (χ4n) is 2.17. The Morgan fingerprint density at radius 3 is 2.85 bits per heavy atom. The zero-order valence-corrected chi connectivity index (χ0v) is 10.5. The smallest absolute Gasteiger partial charge is 0.408 e. The second-order valence-corrected chi connectivity index (χ2v) is 4.45. The number of oxazole rings is 1. The van der Waals surface area contributed by atoms with Crippen LogP contribution in [0.15, 0.2) is 51.7 Å². The van der Waals surface area contributed by atoms with Crippen LogP contribution in [0.1, 0.15) is 11.1 Å². The maximum Gasteiger partial charge on any atom is 0.420 e. The van der Waals surface area contributed by atoms with Crippen LogP contribution in [0.2, 0.25) is 0 Å². The molecule has 0 radical (unpaired) electrons. The largest absolute Gasteiger partial charge is 0.420 e. The second kappa shape index (κ2) is 4.59. The first-order chi connectivity index (χ1) is 9.69. The number of fused-ring (bicyclic) bond motifs is 1. The number of benzene rings is 2. The molecule has 5 nitrogen and oxygen atoms in total. The van der Waals surface area contributed by atoms with Crippen molar-refractivity contribution in [2.75, 3.05) is 5.73 Å². The lowest BCUT2D eigenvalue weighted by Gasteiger charge is -2.04. The first-order valence-corrected chi connectivity index (χ1v) is 6.06. The van der Waals surface area contributed by atoms with Crippen molar-refractivity contribution in [3.05, 3.63) is 64.1 Å². The van der Waals surface area contributed by atoms with Crippen molar-refractivity contribution in [2.45, 2.75) is 6.54 Å². The van der Waals surface area contributed by atoms with Gasteiger partial charge < -0.3 is 10.2 Å². The minimum absolute atomic E-state index is 0.277. The number of hydrogen-bond acceptors (Lipinski definition) is 4. The molecule has 3 aromatic rings. The maximum absolute atomic E-state index is 11.9. The van der Waals surface area contributed by atoms with Gasteiger partial charge in [0, 0.05) is 5.69 Å². The number of nitrogens with two attached hydrogens (primary N) is 1. The first-order valence-electron chi connectivity index (χ1n) is 6.06. The number of anilines is 1. The summed E-state index contributed by atoms with van der Waals surface area (Å²) >= 11 is 0. The molecule has 98 valence electrons. The Bertz CT molecular complexity index is 884. The maximum atomic E-state index is 11.9. The average Bonchev–Trinajstić information content (AvgIpc) is 2.76. The summed E-state index contributed by atoms with van der Waals surface area (Å²) in [6.07, 6.45) is 0. The highest BCUT2D eigenvalue weighted by Gasteiger charge is 2.11. The third-order valence-corrected chi connectivity index (χ3v) is 3.16. The van der Waals surface area contributed by atoms with Gasteiger partial charge in [-0.2, -0.15) is 5.26 Å². The average molecular weight is 265 g/mol. The van der Waals surface area contributed by atoms with E-state index in [1.807, 2.05) is 12.1 Å². The van der Waals surface area contributed by atoms with Gasteiger partial charge in [-0.1, -0.05) is 18.2 Å². The van der Waals surface area contributed by atoms with Gasteiger partial charge in [-0.05, 0) is 29.8 Å². The van der Waals surface area contributed by atoms with Crippen molar-refractivity contribution in [2.24, 2.45) is 0 Å². The Morgan fingerprint density at radius 2 is 2.05 bits per heavy atom. The molecule has 0 aliphatic heterocycles. The molecular weight excluding hydrogens is 254 g/mol. The number of nitrogen functional groups attached to an aromatic ring is 1. The van der Waals surface area contributed by atoms with Crippen LogP contribution in [0.3, 0.4) is 0 Å². The van der Waals surface area contributed by atoms with Gasteiger partial charge in [-0.3, -0.25) is 4.57 Å². The summed E-state index contributed by atoms with van der Waals surface area (Å²) in [5.74, 6) is -0.460. The first kappa shape index (κ1) is 12.1. The molecule has 5 heteroatoms. The number of hydrogen-bond donors (Lipinski definition) is 1. The molecule has 0 aliphatic rings. The summed E-state index contributed by atoms with van der Waals surface area (Å²) in [4.78, 5) is 11.9. The Hall–Kier alpha value is -3.00. The molecule has 20 heavy (non-hydrogen) atoms. The summed E-state index contributed by atoms with van der Waals surface area (Å²) in [6, 6.07) is 14.3. The van der Waals surface area contributed by atoms with Crippen LogP contribution in [0.5, 0.6) is 0 Å². The van der Waals surface area contributed by atoms with Crippen LogP contribution in [0.25, 0.3) is 11.1 Å². The predicted octanol–water partition coefficient (Wildman–Crippen LogP) is 2.10. The fourth-order valence-corrected chi connectivity index (χ4v) is 2.17. The molecule has 0 aliphatic carbocycles. The van der Waals surface area contributed by atoms with Crippen molar-refractivity contribution < 1.29 is 4.42 Å². The van der Waals surface area contributed by atoms with E-state index in [2.05, 4.69) is 6.07 Å². The van der Waals surface area contributed by atoms with E-state index < -0.39 is 5.76 Å². The Morgan fingerprint density at radius 1 is 1.25 bits per heavy atom. The van der Waals surface area contributed by atoms with Crippen LogP contribution in [0.4, 0.5) is 5.69 Å². The van der Waals surface area contributed by atoms with Crippen LogP contribution in [-0.2, 0) is 6.54 Å². The lowest BCUT2D eigenvalue weighted by Crippen LogP contribution is -2.15. The molecule has 2 N–H and O–H groups in total. The highest BCUT2D eigenvalue weighted by atomic mass is 16.4. The lowest BCUT2D eigenvalue weighted by atomic mass is 10.1. The predicted molar refractivity (Wildman–Crippen MR) is 75.1 cm³/mol. The van der Waals surface area contributed by atoms with Crippen molar-refractivity contribution in [1.82, 2.24) is 4.57 Å². The fraction of sp³-hybridized carbons (Fsp3) is 0.0667. The summed E-state index contributed by atoms with van der Waals surface area (Å²) in [6.45, 7) is 0.277. The van der Waals surface area contributed by atoms with Gasteiger partial charge in [-0.15, -0.1) is 0 Å². The van der Waals surface area contributed by atoms with E-state index in [0.29, 0.717) is 22.4 Å². The quantitative estimate of drug-likeness (QED) is 0.719. The van der Waals surface area contributed by atoms with Crippen molar-refractivity contribution in [1.29, 1.82) is 5.26 Å². The molecule has 1 aromatic heterocycles. The van der Waals surface area contributed by atoms with E-state index in [4.69, 9.17) is 15.4 Å². The van der Waals surface area contributed by atoms with E-state index in [-0.39, 0.29) is 6.54 Å². The summed E-state index contributed by atoms with van der Waals surface area (Å²) in [7, 11) is 0. The molecule has 0 saturated heterocycles. The molecule has 0 fully saturated rings. The number of aromatic nitrogens is 1. The number of nitriles is 1. The van der Waals surface area contributed by atoms with E-state index in [9.17, 15) is 4.79 Å². The zero-order valence-electron chi connectivity index (χ0n) is 10.5. The van der Waals surface area contributed by atoms with Crippen LogP contribution >= 0.6 is 0 Å². The molecule has 0 saturated carbocycles. The minimum Gasteiger partial charge on any atom is -0.408 e. The zero-order chi connectivity index (χ0) is 14.1. The molecule has 0 atom stereocenters. The van der Waals surface area contributed by atoms with Gasteiger partial charge in [-0.25, -0.2) is 4.79 Å². The van der Waals surface area contributed by atoms with Crippen molar-refractivity contribution >= 4 is 16.8 Å². The van der Waals surface area contributed by atoms with Gasteiger partial charge in [0.1, 0.15) is 0 Å².